The molecule has 1 N–H and O–H groups in total. The molecule has 0 bridgehead atoms. The fourth-order valence-corrected chi connectivity index (χ4v) is 2.38. The molecule has 2 aromatic heterocycles. The Balaban J connectivity index is 1.58. The third-order valence-electron chi connectivity index (χ3n) is 3.42. The van der Waals surface area contributed by atoms with Crippen LogP contribution in [0.5, 0.6) is 5.88 Å². The zero-order valence-electron chi connectivity index (χ0n) is 10.9. The SMILES string of the molecule is COc1ccnc(NC[C@@H]2CCc3nccn3C2)n1. The molecular weight excluding hydrogens is 242 g/mol. The van der Waals surface area contributed by atoms with E-state index in [1.165, 1.54) is 5.82 Å². The average Bonchev–Trinajstić information content (AvgIpc) is 2.93. The number of aryl methyl sites for hydroxylation is 1. The van der Waals surface area contributed by atoms with Gasteiger partial charge in [-0.3, -0.25) is 0 Å². The lowest BCUT2D eigenvalue weighted by molar-refractivity contribution is 0.379. The summed E-state index contributed by atoms with van der Waals surface area (Å²) in [6.45, 7) is 1.87. The number of aromatic nitrogens is 4. The van der Waals surface area contributed by atoms with E-state index in [1.807, 2.05) is 12.4 Å². The number of hydrogen-bond acceptors (Lipinski definition) is 5. The minimum absolute atomic E-state index is 0.580. The molecule has 6 nitrogen and oxygen atoms in total. The van der Waals surface area contributed by atoms with Crippen LogP contribution in [0.1, 0.15) is 12.2 Å². The number of nitrogens with zero attached hydrogens (tertiary/aromatic N) is 4. The van der Waals surface area contributed by atoms with Gasteiger partial charge in [0.2, 0.25) is 11.8 Å². The van der Waals surface area contributed by atoms with Crippen molar-refractivity contribution in [2.24, 2.45) is 5.92 Å². The number of nitrogens with one attached hydrogen (secondary N) is 1. The van der Waals surface area contributed by atoms with Crippen molar-refractivity contribution in [1.29, 1.82) is 0 Å². The first-order valence-electron chi connectivity index (χ1n) is 6.46. The van der Waals surface area contributed by atoms with Crippen LogP contribution in [0, 0.1) is 5.92 Å². The van der Waals surface area contributed by atoms with E-state index in [9.17, 15) is 0 Å². The molecule has 19 heavy (non-hydrogen) atoms. The van der Waals surface area contributed by atoms with Gasteiger partial charge in [-0.1, -0.05) is 0 Å². The normalized spacial score (nSPS) is 17.8. The summed E-state index contributed by atoms with van der Waals surface area (Å²) in [5, 5.41) is 3.28. The van der Waals surface area contributed by atoms with Crippen molar-refractivity contribution in [2.45, 2.75) is 19.4 Å². The summed E-state index contributed by atoms with van der Waals surface area (Å²) >= 11 is 0. The van der Waals surface area contributed by atoms with E-state index in [2.05, 4.69) is 24.8 Å². The Bertz CT molecular complexity index is 553. The molecule has 0 unspecified atom stereocenters. The number of hydrogen-bond donors (Lipinski definition) is 1. The Morgan fingerprint density at radius 2 is 2.37 bits per heavy atom. The molecule has 3 heterocycles. The highest BCUT2D eigenvalue weighted by Crippen LogP contribution is 2.19. The molecule has 2 aromatic rings. The Labute approximate surface area is 111 Å². The second kappa shape index (κ2) is 5.26. The minimum Gasteiger partial charge on any atom is -0.481 e. The fraction of sp³-hybridized carbons (Fsp3) is 0.462. The molecule has 100 valence electrons. The molecule has 0 spiro atoms. The van der Waals surface area contributed by atoms with Crippen molar-refractivity contribution in [1.82, 2.24) is 19.5 Å². The Morgan fingerprint density at radius 3 is 3.26 bits per heavy atom. The van der Waals surface area contributed by atoms with Gasteiger partial charge in [-0.15, -0.1) is 0 Å². The lowest BCUT2D eigenvalue weighted by atomic mass is 9.99. The zero-order valence-corrected chi connectivity index (χ0v) is 10.9. The smallest absolute Gasteiger partial charge is 0.225 e. The van der Waals surface area contributed by atoms with Crippen LogP contribution in [-0.2, 0) is 13.0 Å². The Hall–Kier alpha value is -2.11. The van der Waals surface area contributed by atoms with Crippen LogP contribution >= 0.6 is 0 Å². The van der Waals surface area contributed by atoms with Gasteiger partial charge in [0.05, 0.1) is 7.11 Å². The maximum atomic E-state index is 5.08. The van der Waals surface area contributed by atoms with Gasteiger partial charge in [-0.05, 0) is 12.3 Å². The van der Waals surface area contributed by atoms with Gasteiger partial charge in [0.1, 0.15) is 5.82 Å². The van der Waals surface area contributed by atoms with Crippen LogP contribution in [0.15, 0.2) is 24.7 Å². The first kappa shape index (κ1) is 12.0. The Kier molecular flexibility index (Phi) is 3.31. The van der Waals surface area contributed by atoms with Crippen molar-refractivity contribution in [3.8, 4) is 5.88 Å². The van der Waals surface area contributed by atoms with Gasteiger partial charge >= 0.3 is 0 Å². The number of ether oxygens (including phenoxy) is 1. The van der Waals surface area contributed by atoms with Crippen LogP contribution in [0.3, 0.4) is 0 Å². The van der Waals surface area contributed by atoms with Crippen LogP contribution < -0.4 is 10.1 Å². The molecule has 0 aromatic carbocycles. The van der Waals surface area contributed by atoms with E-state index in [0.717, 1.165) is 25.9 Å². The van der Waals surface area contributed by atoms with Crippen LogP contribution in [-0.4, -0.2) is 33.2 Å². The summed E-state index contributed by atoms with van der Waals surface area (Å²) in [5.74, 6) is 2.97. The first-order valence-corrected chi connectivity index (χ1v) is 6.46. The van der Waals surface area contributed by atoms with E-state index in [4.69, 9.17) is 4.74 Å². The third kappa shape index (κ3) is 2.67. The van der Waals surface area contributed by atoms with Gasteiger partial charge in [0, 0.05) is 44.2 Å². The third-order valence-corrected chi connectivity index (χ3v) is 3.42. The predicted octanol–water partition coefficient (Wildman–Crippen LogP) is 1.36. The van der Waals surface area contributed by atoms with E-state index < -0.39 is 0 Å². The monoisotopic (exact) mass is 259 g/mol. The van der Waals surface area contributed by atoms with Crippen LogP contribution in [0.2, 0.25) is 0 Å². The summed E-state index contributed by atoms with van der Waals surface area (Å²) in [4.78, 5) is 12.8. The number of imidazole rings is 1. The quantitative estimate of drug-likeness (QED) is 0.898. The second-order valence-electron chi connectivity index (χ2n) is 4.70. The number of rotatable bonds is 4. The maximum absolute atomic E-state index is 5.08. The van der Waals surface area contributed by atoms with Gasteiger partial charge in [0.25, 0.3) is 0 Å². The molecule has 0 saturated heterocycles. The van der Waals surface area contributed by atoms with E-state index >= 15 is 0 Å². The molecule has 0 aliphatic carbocycles. The highest BCUT2D eigenvalue weighted by Gasteiger charge is 2.18. The molecule has 1 aliphatic rings. The minimum atomic E-state index is 0.580. The number of anilines is 1. The summed E-state index contributed by atoms with van der Waals surface area (Å²) in [6.07, 6.45) is 7.80. The van der Waals surface area contributed by atoms with Crippen molar-refractivity contribution in [3.63, 3.8) is 0 Å². The van der Waals surface area contributed by atoms with Crippen molar-refractivity contribution < 1.29 is 4.74 Å². The predicted molar refractivity (Wildman–Crippen MR) is 71.1 cm³/mol. The highest BCUT2D eigenvalue weighted by molar-refractivity contribution is 5.27. The van der Waals surface area contributed by atoms with Crippen molar-refractivity contribution in [2.75, 3.05) is 19.0 Å². The lowest BCUT2D eigenvalue weighted by Gasteiger charge is -2.23. The van der Waals surface area contributed by atoms with Crippen molar-refractivity contribution >= 4 is 5.95 Å². The number of fused-ring (bicyclic) bond motifs is 1. The second-order valence-corrected chi connectivity index (χ2v) is 4.70. The molecular formula is C13H17N5O. The molecule has 0 amide bonds. The van der Waals surface area contributed by atoms with E-state index in [-0.39, 0.29) is 0 Å². The molecule has 0 saturated carbocycles. The van der Waals surface area contributed by atoms with E-state index in [0.29, 0.717) is 17.7 Å². The summed E-state index contributed by atoms with van der Waals surface area (Å²) in [6, 6.07) is 1.74. The largest absolute Gasteiger partial charge is 0.481 e. The molecule has 1 atom stereocenters. The Morgan fingerprint density at radius 1 is 1.42 bits per heavy atom. The lowest BCUT2D eigenvalue weighted by Crippen LogP contribution is -2.26. The first-order chi connectivity index (χ1) is 9.35. The van der Waals surface area contributed by atoms with E-state index in [1.54, 1.807) is 19.4 Å². The van der Waals surface area contributed by atoms with Gasteiger partial charge in [-0.25, -0.2) is 9.97 Å². The van der Waals surface area contributed by atoms with Crippen LogP contribution in [0.4, 0.5) is 5.95 Å². The molecule has 0 fully saturated rings. The molecule has 3 rings (SSSR count). The van der Waals surface area contributed by atoms with Gasteiger partial charge in [-0.2, -0.15) is 4.98 Å². The topological polar surface area (TPSA) is 64.9 Å². The molecule has 1 aliphatic heterocycles. The van der Waals surface area contributed by atoms with Crippen LogP contribution in [0.25, 0.3) is 0 Å². The maximum Gasteiger partial charge on any atom is 0.225 e. The standard InChI is InChI=1S/C13H17N5O/c1-19-12-4-5-15-13(17-12)16-8-10-2-3-11-14-6-7-18(11)9-10/h4-7,10H,2-3,8-9H2,1H3,(H,15,16,17)/t10-/m0/s1. The molecule has 6 heteroatoms. The summed E-state index contributed by atoms with van der Waals surface area (Å²) < 4.78 is 7.30. The van der Waals surface area contributed by atoms with Gasteiger partial charge in [0.15, 0.2) is 0 Å². The zero-order chi connectivity index (χ0) is 13.1. The van der Waals surface area contributed by atoms with Gasteiger partial charge < -0.3 is 14.6 Å². The van der Waals surface area contributed by atoms with Crippen molar-refractivity contribution in [3.05, 3.63) is 30.5 Å². The fourth-order valence-electron chi connectivity index (χ4n) is 2.38. The summed E-state index contributed by atoms with van der Waals surface area (Å²) in [5.41, 5.74) is 0. The number of methoxy groups -OCH3 is 1. The summed E-state index contributed by atoms with van der Waals surface area (Å²) in [7, 11) is 1.60. The molecule has 0 radical (unpaired) electrons. The highest BCUT2D eigenvalue weighted by atomic mass is 16.5. The average molecular weight is 259 g/mol.